The molecule has 8 heteroatoms. The number of aromatic nitrogens is 3. The van der Waals surface area contributed by atoms with Crippen LogP contribution in [0, 0.1) is 19.7 Å². The zero-order chi connectivity index (χ0) is 22.7. The molecule has 4 aromatic rings. The topological polar surface area (TPSA) is 59.8 Å². The minimum Gasteiger partial charge on any atom is -0.324 e. The molecule has 162 valence electrons. The van der Waals surface area contributed by atoms with E-state index in [-0.39, 0.29) is 17.5 Å². The van der Waals surface area contributed by atoms with Gasteiger partial charge in [-0.2, -0.15) is 0 Å². The molecule has 32 heavy (non-hydrogen) atoms. The van der Waals surface area contributed by atoms with Gasteiger partial charge in [0, 0.05) is 11.3 Å². The summed E-state index contributed by atoms with van der Waals surface area (Å²) >= 11 is 7.55. The van der Waals surface area contributed by atoms with Crippen molar-refractivity contribution in [2.75, 3.05) is 11.1 Å². The van der Waals surface area contributed by atoms with Crippen molar-refractivity contribution in [1.82, 2.24) is 14.8 Å². The molecule has 1 amide bonds. The minimum atomic E-state index is -0.331. The quantitative estimate of drug-likeness (QED) is 0.350. The van der Waals surface area contributed by atoms with Gasteiger partial charge in [-0.05, 0) is 55.3 Å². The summed E-state index contributed by atoms with van der Waals surface area (Å²) in [6.07, 6.45) is 0. The number of anilines is 1. The fraction of sp³-hybridized carbons (Fsp3) is 0.125. The molecule has 0 saturated carbocycles. The number of carbonyl (C=O) groups is 1. The Bertz CT molecular complexity index is 1240. The maximum Gasteiger partial charge on any atom is 0.234 e. The zero-order valence-electron chi connectivity index (χ0n) is 17.5. The molecule has 0 aliphatic heterocycles. The van der Waals surface area contributed by atoms with Crippen LogP contribution in [-0.2, 0) is 4.79 Å². The van der Waals surface area contributed by atoms with Gasteiger partial charge in [-0.1, -0.05) is 59.8 Å². The highest BCUT2D eigenvalue weighted by atomic mass is 35.5. The van der Waals surface area contributed by atoms with Crippen LogP contribution in [0.4, 0.5) is 10.1 Å². The van der Waals surface area contributed by atoms with Crippen LogP contribution in [0.5, 0.6) is 0 Å². The molecule has 0 atom stereocenters. The molecule has 0 saturated heterocycles. The molecule has 1 heterocycles. The van der Waals surface area contributed by atoms with Crippen LogP contribution in [0.15, 0.2) is 71.9 Å². The van der Waals surface area contributed by atoms with Crippen molar-refractivity contribution in [3.05, 3.63) is 88.7 Å². The van der Waals surface area contributed by atoms with Gasteiger partial charge in [-0.25, -0.2) is 4.39 Å². The Morgan fingerprint density at radius 2 is 1.78 bits per heavy atom. The number of carbonyl (C=O) groups excluding carboxylic acids is 1. The highest BCUT2D eigenvalue weighted by molar-refractivity contribution is 7.99. The number of halogens is 2. The van der Waals surface area contributed by atoms with E-state index >= 15 is 0 Å². The predicted molar refractivity (Wildman–Crippen MR) is 127 cm³/mol. The second kappa shape index (κ2) is 9.54. The van der Waals surface area contributed by atoms with Crippen LogP contribution in [0.1, 0.15) is 11.1 Å². The molecule has 0 radical (unpaired) electrons. The summed E-state index contributed by atoms with van der Waals surface area (Å²) in [5, 5.41) is 12.5. The molecule has 0 unspecified atom stereocenters. The molecule has 0 fully saturated rings. The molecule has 4 rings (SSSR count). The minimum absolute atomic E-state index is 0.109. The van der Waals surface area contributed by atoms with Gasteiger partial charge in [0.1, 0.15) is 5.82 Å². The van der Waals surface area contributed by atoms with Crippen LogP contribution in [0.3, 0.4) is 0 Å². The lowest BCUT2D eigenvalue weighted by atomic mass is 10.1. The van der Waals surface area contributed by atoms with Gasteiger partial charge in [-0.15, -0.1) is 10.2 Å². The molecule has 0 aliphatic rings. The maximum absolute atomic E-state index is 13.5. The van der Waals surface area contributed by atoms with Gasteiger partial charge in [0.25, 0.3) is 0 Å². The van der Waals surface area contributed by atoms with Crippen LogP contribution < -0.4 is 5.32 Å². The van der Waals surface area contributed by atoms with Crippen molar-refractivity contribution < 1.29 is 9.18 Å². The highest BCUT2D eigenvalue weighted by Crippen LogP contribution is 2.30. The fourth-order valence-electron chi connectivity index (χ4n) is 3.34. The molecular weight excluding hydrogens is 447 g/mol. The van der Waals surface area contributed by atoms with Gasteiger partial charge < -0.3 is 5.32 Å². The lowest BCUT2D eigenvalue weighted by Gasteiger charge is -2.12. The largest absolute Gasteiger partial charge is 0.324 e. The molecule has 3 aromatic carbocycles. The van der Waals surface area contributed by atoms with E-state index in [0.29, 0.717) is 27.4 Å². The summed E-state index contributed by atoms with van der Waals surface area (Å²) in [4.78, 5) is 12.6. The summed E-state index contributed by atoms with van der Waals surface area (Å²) in [5.74, 6) is 0.177. The molecule has 1 aromatic heterocycles. The van der Waals surface area contributed by atoms with Crippen molar-refractivity contribution in [2.24, 2.45) is 0 Å². The fourth-order valence-corrected chi connectivity index (χ4v) is 4.46. The van der Waals surface area contributed by atoms with E-state index in [2.05, 4.69) is 15.5 Å². The Labute approximate surface area is 194 Å². The van der Waals surface area contributed by atoms with Crippen LogP contribution >= 0.6 is 23.4 Å². The number of benzene rings is 3. The van der Waals surface area contributed by atoms with Crippen LogP contribution in [-0.4, -0.2) is 26.4 Å². The third-order valence-corrected chi connectivity index (χ3v) is 6.01. The third-order valence-electron chi connectivity index (χ3n) is 4.78. The number of hydrogen-bond donors (Lipinski definition) is 1. The number of hydrogen-bond acceptors (Lipinski definition) is 4. The summed E-state index contributed by atoms with van der Waals surface area (Å²) in [7, 11) is 0. The molecule has 0 spiro atoms. The first-order valence-electron chi connectivity index (χ1n) is 9.88. The van der Waals surface area contributed by atoms with Gasteiger partial charge in [0.05, 0.1) is 16.5 Å². The van der Waals surface area contributed by atoms with E-state index in [1.807, 2.05) is 60.9 Å². The van der Waals surface area contributed by atoms with Crippen LogP contribution in [0.25, 0.3) is 17.1 Å². The van der Waals surface area contributed by atoms with Crippen molar-refractivity contribution in [1.29, 1.82) is 0 Å². The number of nitrogens with one attached hydrogen (secondary N) is 1. The summed E-state index contributed by atoms with van der Waals surface area (Å²) in [6.45, 7) is 3.85. The van der Waals surface area contributed by atoms with Gasteiger partial charge in [-0.3, -0.25) is 9.36 Å². The molecule has 5 nitrogen and oxygen atoms in total. The smallest absolute Gasteiger partial charge is 0.234 e. The maximum atomic E-state index is 13.5. The van der Waals surface area contributed by atoms with E-state index in [9.17, 15) is 9.18 Å². The van der Waals surface area contributed by atoms with E-state index in [0.717, 1.165) is 16.7 Å². The van der Waals surface area contributed by atoms with E-state index < -0.39 is 0 Å². The first-order chi connectivity index (χ1) is 15.4. The average Bonchev–Trinajstić information content (AvgIpc) is 3.20. The van der Waals surface area contributed by atoms with Gasteiger partial charge in [0.2, 0.25) is 5.91 Å². The first-order valence-corrected chi connectivity index (χ1v) is 11.2. The molecule has 0 bridgehead atoms. The van der Waals surface area contributed by atoms with Gasteiger partial charge >= 0.3 is 0 Å². The van der Waals surface area contributed by atoms with Crippen LogP contribution in [0.2, 0.25) is 5.02 Å². The average molecular weight is 467 g/mol. The second-order valence-corrected chi connectivity index (χ2v) is 8.61. The summed E-state index contributed by atoms with van der Waals surface area (Å²) in [6, 6.07) is 19.4. The lowest BCUT2D eigenvalue weighted by molar-refractivity contribution is -0.113. The SMILES string of the molecule is Cc1cc(C)c(NC(=O)CSc2nnc(-c3ccccc3)n2-c2ccc(F)cc2)c(Cl)c1. The van der Waals surface area contributed by atoms with E-state index in [1.54, 1.807) is 12.1 Å². The summed E-state index contributed by atoms with van der Waals surface area (Å²) < 4.78 is 15.3. The molecular formula is C24H20ClFN4OS. The van der Waals surface area contributed by atoms with Crippen molar-refractivity contribution >= 4 is 35.0 Å². The standard InChI is InChI=1S/C24H20ClFN4OS/c1-15-12-16(2)22(20(25)13-15)27-21(31)14-32-24-29-28-23(17-6-4-3-5-7-17)30(24)19-10-8-18(26)9-11-19/h3-13H,14H2,1-2H3,(H,27,31). The number of rotatable bonds is 6. The Hall–Kier alpha value is -3.16. The monoisotopic (exact) mass is 466 g/mol. The Kier molecular flexibility index (Phi) is 6.58. The normalized spacial score (nSPS) is 10.9. The molecule has 1 N–H and O–H groups in total. The second-order valence-electron chi connectivity index (χ2n) is 7.26. The third kappa shape index (κ3) is 4.84. The zero-order valence-corrected chi connectivity index (χ0v) is 19.0. The predicted octanol–water partition coefficient (Wildman–Crippen LogP) is 6.07. The number of nitrogens with zero attached hydrogens (tertiary/aromatic N) is 3. The Morgan fingerprint density at radius 1 is 1.06 bits per heavy atom. The number of amides is 1. The van der Waals surface area contributed by atoms with Crippen molar-refractivity contribution in [3.63, 3.8) is 0 Å². The van der Waals surface area contributed by atoms with E-state index in [1.165, 1.54) is 23.9 Å². The highest BCUT2D eigenvalue weighted by Gasteiger charge is 2.18. The Morgan fingerprint density at radius 3 is 2.47 bits per heavy atom. The number of aryl methyl sites for hydroxylation is 2. The van der Waals surface area contributed by atoms with Gasteiger partial charge in [0.15, 0.2) is 11.0 Å². The number of thioether (sulfide) groups is 1. The summed E-state index contributed by atoms with van der Waals surface area (Å²) in [5.41, 5.74) is 4.10. The lowest BCUT2D eigenvalue weighted by Crippen LogP contribution is -2.16. The van der Waals surface area contributed by atoms with Crippen molar-refractivity contribution in [3.8, 4) is 17.1 Å². The molecule has 0 aliphatic carbocycles. The first kappa shape index (κ1) is 22.0. The van der Waals surface area contributed by atoms with E-state index in [4.69, 9.17) is 11.6 Å². The Balaban J connectivity index is 1.59. The van der Waals surface area contributed by atoms with Crippen molar-refractivity contribution in [2.45, 2.75) is 19.0 Å².